The number of sulfone groups is 1. The number of nitrogens with one attached hydrogen (secondary N) is 1. The van der Waals surface area contributed by atoms with Crippen molar-refractivity contribution in [2.45, 2.75) is 38.5 Å². The molecule has 4 rings (SSSR count). The predicted molar refractivity (Wildman–Crippen MR) is 117 cm³/mol. The summed E-state index contributed by atoms with van der Waals surface area (Å²) < 4.78 is 29.2. The van der Waals surface area contributed by atoms with E-state index in [4.69, 9.17) is 4.74 Å². The van der Waals surface area contributed by atoms with E-state index in [0.717, 1.165) is 11.1 Å². The Morgan fingerprint density at radius 2 is 1.97 bits per heavy atom. The van der Waals surface area contributed by atoms with E-state index in [1.54, 1.807) is 18.3 Å². The van der Waals surface area contributed by atoms with Crippen molar-refractivity contribution in [1.82, 2.24) is 15.3 Å². The summed E-state index contributed by atoms with van der Waals surface area (Å²) in [4.78, 5) is 29.0. The number of nitrogens with zero attached hydrogens (tertiary/aromatic N) is 3. The summed E-state index contributed by atoms with van der Waals surface area (Å²) in [6, 6.07) is 12.8. The summed E-state index contributed by atoms with van der Waals surface area (Å²) in [7, 11) is -3.16. The van der Waals surface area contributed by atoms with Crippen LogP contribution in [0.5, 0.6) is 5.88 Å². The van der Waals surface area contributed by atoms with E-state index < -0.39 is 15.9 Å². The standard InChI is InChI=1S/C22H24N4O5S/c27-21-7-6-19(25-26(21)18-9-11-32(29,30)15-18)22(28)24-13-17-8-10-23-20(12-17)31-14-16-4-2-1-3-5-16/h1-5,8,10,12,18H,6-7,9,11,13-15H2,(H,24,28). The fraction of sp³-hybridized carbons (Fsp3) is 0.364. The first-order valence-electron chi connectivity index (χ1n) is 10.4. The molecule has 1 fully saturated rings. The lowest BCUT2D eigenvalue weighted by molar-refractivity contribution is -0.133. The first kappa shape index (κ1) is 21.9. The molecule has 0 saturated carbocycles. The molecule has 32 heavy (non-hydrogen) atoms. The van der Waals surface area contributed by atoms with Crippen molar-refractivity contribution in [3.63, 3.8) is 0 Å². The Morgan fingerprint density at radius 3 is 2.72 bits per heavy atom. The molecule has 3 heterocycles. The van der Waals surface area contributed by atoms with Crippen LogP contribution in [0.2, 0.25) is 0 Å². The smallest absolute Gasteiger partial charge is 0.267 e. The van der Waals surface area contributed by atoms with Gasteiger partial charge in [-0.3, -0.25) is 9.59 Å². The van der Waals surface area contributed by atoms with Crippen molar-refractivity contribution in [3.8, 4) is 5.88 Å². The van der Waals surface area contributed by atoms with E-state index in [-0.39, 0.29) is 48.4 Å². The lowest BCUT2D eigenvalue weighted by Crippen LogP contribution is -2.43. The fourth-order valence-electron chi connectivity index (χ4n) is 3.64. The second-order valence-corrected chi connectivity index (χ2v) is 10.0. The lowest BCUT2D eigenvalue weighted by Gasteiger charge is -2.27. The van der Waals surface area contributed by atoms with Crippen molar-refractivity contribution in [3.05, 3.63) is 59.8 Å². The maximum Gasteiger partial charge on any atom is 0.267 e. The van der Waals surface area contributed by atoms with Gasteiger partial charge in [-0.05, 0) is 23.6 Å². The Labute approximate surface area is 186 Å². The van der Waals surface area contributed by atoms with Gasteiger partial charge in [-0.15, -0.1) is 0 Å². The largest absolute Gasteiger partial charge is 0.473 e. The number of hydrazone groups is 1. The Morgan fingerprint density at radius 1 is 1.16 bits per heavy atom. The lowest BCUT2D eigenvalue weighted by atomic mass is 10.1. The minimum absolute atomic E-state index is 0.0369. The minimum Gasteiger partial charge on any atom is -0.473 e. The molecular weight excluding hydrogens is 432 g/mol. The molecule has 168 valence electrons. The maximum absolute atomic E-state index is 12.6. The van der Waals surface area contributed by atoms with E-state index in [9.17, 15) is 18.0 Å². The second kappa shape index (κ2) is 9.47. The average molecular weight is 457 g/mol. The molecule has 9 nitrogen and oxygen atoms in total. The van der Waals surface area contributed by atoms with Crippen LogP contribution in [0.15, 0.2) is 53.8 Å². The van der Waals surface area contributed by atoms with Gasteiger partial charge in [0.25, 0.3) is 5.91 Å². The number of hydrogen-bond acceptors (Lipinski definition) is 7. The number of aromatic nitrogens is 1. The molecule has 1 unspecified atom stereocenters. The van der Waals surface area contributed by atoms with Crippen molar-refractivity contribution in [2.24, 2.45) is 5.10 Å². The third kappa shape index (κ3) is 5.50. The van der Waals surface area contributed by atoms with Crippen molar-refractivity contribution >= 4 is 27.4 Å². The Kier molecular flexibility index (Phi) is 6.50. The minimum atomic E-state index is -3.16. The van der Waals surface area contributed by atoms with Crippen LogP contribution in [-0.2, 0) is 32.6 Å². The summed E-state index contributed by atoms with van der Waals surface area (Å²) >= 11 is 0. The summed E-state index contributed by atoms with van der Waals surface area (Å²) in [5.74, 6) is -0.255. The number of hydrogen-bond donors (Lipinski definition) is 1. The van der Waals surface area contributed by atoms with Crippen LogP contribution in [-0.4, -0.2) is 53.5 Å². The van der Waals surface area contributed by atoms with Gasteiger partial charge in [0.15, 0.2) is 9.84 Å². The Hall–Kier alpha value is -3.27. The zero-order valence-corrected chi connectivity index (χ0v) is 18.3. The van der Waals surface area contributed by atoms with Gasteiger partial charge in [-0.1, -0.05) is 30.3 Å². The van der Waals surface area contributed by atoms with Gasteiger partial charge in [0.1, 0.15) is 12.3 Å². The summed E-state index contributed by atoms with van der Waals surface area (Å²) in [6.45, 7) is 0.634. The zero-order valence-electron chi connectivity index (χ0n) is 17.4. The maximum atomic E-state index is 12.6. The van der Waals surface area contributed by atoms with E-state index in [0.29, 0.717) is 18.9 Å². The highest BCUT2D eigenvalue weighted by Crippen LogP contribution is 2.22. The molecule has 1 N–H and O–H groups in total. The van der Waals surface area contributed by atoms with Crippen LogP contribution >= 0.6 is 0 Å². The zero-order chi connectivity index (χ0) is 22.6. The molecule has 0 bridgehead atoms. The molecule has 10 heteroatoms. The van der Waals surface area contributed by atoms with E-state index in [2.05, 4.69) is 15.4 Å². The van der Waals surface area contributed by atoms with Gasteiger partial charge in [0.2, 0.25) is 11.8 Å². The number of carbonyl (C=O) groups is 2. The van der Waals surface area contributed by atoms with E-state index in [1.165, 1.54) is 5.01 Å². The number of amides is 2. The molecule has 2 aliphatic heterocycles. The predicted octanol–water partition coefficient (Wildman–Crippen LogP) is 1.44. The summed E-state index contributed by atoms with van der Waals surface area (Å²) in [6.07, 6.45) is 2.31. The Bertz CT molecular complexity index is 1130. The van der Waals surface area contributed by atoms with E-state index >= 15 is 0 Å². The summed E-state index contributed by atoms with van der Waals surface area (Å²) in [5, 5.41) is 8.18. The van der Waals surface area contributed by atoms with Crippen molar-refractivity contribution in [2.75, 3.05) is 11.5 Å². The second-order valence-electron chi connectivity index (χ2n) is 7.80. The molecule has 1 saturated heterocycles. The topological polar surface area (TPSA) is 118 Å². The van der Waals surface area contributed by atoms with Crippen LogP contribution < -0.4 is 10.1 Å². The van der Waals surface area contributed by atoms with Crippen LogP contribution in [0, 0.1) is 0 Å². The molecule has 2 aliphatic rings. The highest BCUT2D eigenvalue weighted by Gasteiger charge is 2.37. The number of ether oxygens (including phenoxy) is 1. The Balaban J connectivity index is 1.35. The number of pyridine rings is 1. The molecule has 1 aromatic carbocycles. The molecule has 0 aliphatic carbocycles. The number of carbonyl (C=O) groups excluding carboxylic acids is 2. The monoisotopic (exact) mass is 456 g/mol. The molecule has 2 aromatic rings. The third-order valence-electron chi connectivity index (χ3n) is 5.36. The molecule has 0 radical (unpaired) electrons. The van der Waals surface area contributed by atoms with Gasteiger partial charge >= 0.3 is 0 Å². The van der Waals surface area contributed by atoms with Gasteiger partial charge < -0.3 is 10.1 Å². The van der Waals surface area contributed by atoms with Crippen LogP contribution in [0.25, 0.3) is 0 Å². The fourth-order valence-corrected chi connectivity index (χ4v) is 5.34. The van der Waals surface area contributed by atoms with Gasteiger partial charge in [-0.2, -0.15) is 5.10 Å². The highest BCUT2D eigenvalue weighted by molar-refractivity contribution is 7.91. The first-order chi connectivity index (χ1) is 15.4. The quantitative estimate of drug-likeness (QED) is 0.674. The van der Waals surface area contributed by atoms with Gasteiger partial charge in [-0.25, -0.2) is 18.4 Å². The van der Waals surface area contributed by atoms with Crippen molar-refractivity contribution in [1.29, 1.82) is 0 Å². The average Bonchev–Trinajstić information content (AvgIpc) is 3.17. The molecule has 1 aromatic heterocycles. The first-order valence-corrected chi connectivity index (χ1v) is 12.2. The molecule has 2 amide bonds. The number of rotatable bonds is 7. The molecule has 1 atom stereocenters. The number of benzene rings is 1. The normalized spacial score (nSPS) is 20.0. The SMILES string of the molecule is O=C(NCc1ccnc(OCc2ccccc2)c1)C1=NN(C2CCS(=O)(=O)C2)C(=O)CC1. The summed E-state index contributed by atoms with van der Waals surface area (Å²) in [5.41, 5.74) is 2.06. The molecular formula is C22H24N4O5S. The molecule has 0 spiro atoms. The van der Waals surface area contributed by atoms with Crippen molar-refractivity contribution < 1.29 is 22.7 Å². The third-order valence-corrected chi connectivity index (χ3v) is 7.11. The van der Waals surface area contributed by atoms with Gasteiger partial charge in [0.05, 0.1) is 17.5 Å². The van der Waals surface area contributed by atoms with E-state index in [1.807, 2.05) is 30.3 Å². The van der Waals surface area contributed by atoms with Crippen LogP contribution in [0.3, 0.4) is 0 Å². The van der Waals surface area contributed by atoms with Crippen LogP contribution in [0.4, 0.5) is 0 Å². The van der Waals surface area contributed by atoms with Crippen LogP contribution in [0.1, 0.15) is 30.4 Å². The highest BCUT2D eigenvalue weighted by atomic mass is 32.2. The van der Waals surface area contributed by atoms with Gasteiger partial charge in [0, 0.05) is 31.6 Å².